The van der Waals surface area contributed by atoms with Crippen LogP contribution in [-0.2, 0) is 9.84 Å². The van der Waals surface area contributed by atoms with Gasteiger partial charge in [-0.05, 0) is 31.5 Å². The first-order valence-electron chi connectivity index (χ1n) is 3.84. The zero-order chi connectivity index (χ0) is 10.3. The van der Waals surface area contributed by atoms with Crippen LogP contribution in [0.15, 0.2) is 4.99 Å². The minimum absolute atomic E-state index is 0.134. The maximum absolute atomic E-state index is 10.7. The number of isothiocyanates is 1. The summed E-state index contributed by atoms with van der Waals surface area (Å²) < 4.78 is 21.6. The van der Waals surface area contributed by atoms with Crippen LogP contribution in [0.2, 0.25) is 0 Å². The van der Waals surface area contributed by atoms with Crippen molar-refractivity contribution in [3.8, 4) is 0 Å². The van der Waals surface area contributed by atoms with Crippen LogP contribution in [0.4, 0.5) is 0 Å². The smallest absolute Gasteiger partial charge is 0.147 e. The summed E-state index contributed by atoms with van der Waals surface area (Å²) in [5, 5.41) is 2.31. The summed E-state index contributed by atoms with van der Waals surface area (Å²) in [6.45, 7) is 0. The van der Waals surface area contributed by atoms with E-state index < -0.39 is 9.84 Å². The highest BCUT2D eigenvalue weighted by atomic mass is 127. The van der Waals surface area contributed by atoms with Gasteiger partial charge in [-0.3, -0.25) is 0 Å². The van der Waals surface area contributed by atoms with E-state index in [0.29, 0.717) is 6.42 Å². The second-order valence-corrected chi connectivity index (χ2v) is 6.66. The molecule has 0 amide bonds. The number of unbranched alkanes of at least 4 members (excludes halogenated alkanes) is 1. The predicted molar refractivity (Wildman–Crippen MR) is 66.4 cm³/mol. The molecule has 0 aliphatic heterocycles. The van der Waals surface area contributed by atoms with Gasteiger partial charge in [-0.25, -0.2) is 13.4 Å². The van der Waals surface area contributed by atoms with E-state index in [4.69, 9.17) is 0 Å². The number of sulfone groups is 1. The van der Waals surface area contributed by atoms with Crippen molar-refractivity contribution in [3.63, 3.8) is 0 Å². The van der Waals surface area contributed by atoms with Crippen molar-refractivity contribution in [2.24, 2.45) is 4.99 Å². The summed E-state index contributed by atoms with van der Waals surface area (Å²) in [5.74, 6) is 0.262. The number of hydrogen-bond acceptors (Lipinski definition) is 4. The number of thiocarbonyl (C=S) groups is 1. The molecule has 0 saturated heterocycles. The van der Waals surface area contributed by atoms with E-state index in [2.05, 4.69) is 45.0 Å². The Morgan fingerprint density at radius 2 is 2.15 bits per heavy atom. The number of alkyl halides is 1. The third-order valence-electron chi connectivity index (χ3n) is 1.40. The Morgan fingerprint density at radius 1 is 1.54 bits per heavy atom. The molecule has 13 heavy (non-hydrogen) atoms. The molecule has 0 aromatic carbocycles. The van der Waals surface area contributed by atoms with Gasteiger partial charge >= 0.3 is 0 Å². The van der Waals surface area contributed by atoms with Gasteiger partial charge in [0, 0.05) is 12.0 Å². The van der Waals surface area contributed by atoms with Gasteiger partial charge in [-0.1, -0.05) is 22.6 Å². The fourth-order valence-corrected chi connectivity index (χ4v) is 2.42. The van der Waals surface area contributed by atoms with E-state index in [1.54, 1.807) is 0 Å². The highest BCUT2D eigenvalue weighted by molar-refractivity contribution is 14.1. The number of hydrogen-bond donors (Lipinski definition) is 0. The molecule has 6 heteroatoms. The van der Waals surface area contributed by atoms with Gasteiger partial charge in [0.2, 0.25) is 0 Å². The molecule has 76 valence electrons. The van der Waals surface area contributed by atoms with Gasteiger partial charge in [0.05, 0.1) is 5.16 Å². The largest absolute Gasteiger partial charge is 0.229 e. The summed E-state index contributed by atoms with van der Waals surface area (Å²) >= 11 is 6.61. The third-order valence-corrected chi connectivity index (χ3v) is 3.44. The van der Waals surface area contributed by atoms with Crippen LogP contribution in [0.3, 0.4) is 0 Å². The Labute approximate surface area is 98.1 Å². The number of rotatable bonds is 6. The quantitative estimate of drug-likeness (QED) is 0.187. The topological polar surface area (TPSA) is 46.5 Å². The second kappa shape index (κ2) is 6.86. The van der Waals surface area contributed by atoms with Crippen molar-refractivity contribution in [2.75, 3.05) is 12.0 Å². The normalized spacial score (nSPS) is 13.4. The Hall–Kier alpha value is 0.480. The molecule has 0 rings (SSSR count). The lowest BCUT2D eigenvalue weighted by Crippen LogP contribution is -2.03. The van der Waals surface area contributed by atoms with Crippen LogP contribution >= 0.6 is 34.8 Å². The molecule has 0 aromatic rings. The molecular formula is C7H12INO2S2. The highest BCUT2D eigenvalue weighted by Crippen LogP contribution is 2.11. The van der Waals surface area contributed by atoms with Crippen LogP contribution in [0, 0.1) is 0 Å². The van der Waals surface area contributed by atoms with Crippen molar-refractivity contribution < 1.29 is 8.42 Å². The molecule has 0 radical (unpaired) electrons. The standard InChI is InChI=1S/C7H12INO2S2/c1-13(10,11)5-3-2-4-7(8)9-6-12/h7H,2-5H2,1H3. The molecule has 3 nitrogen and oxygen atoms in total. The van der Waals surface area contributed by atoms with Crippen LogP contribution in [-0.4, -0.2) is 29.6 Å². The molecule has 0 heterocycles. The Bertz CT molecular complexity index is 283. The first-order chi connectivity index (χ1) is 5.95. The molecule has 0 saturated carbocycles. The Balaban J connectivity index is 3.52. The number of nitrogens with zero attached hydrogens (tertiary/aromatic N) is 1. The zero-order valence-corrected chi connectivity index (χ0v) is 11.2. The van der Waals surface area contributed by atoms with Crippen molar-refractivity contribution in [1.82, 2.24) is 0 Å². The van der Waals surface area contributed by atoms with Crippen LogP contribution in [0.1, 0.15) is 19.3 Å². The van der Waals surface area contributed by atoms with Crippen LogP contribution < -0.4 is 0 Å². The fourth-order valence-electron chi connectivity index (χ4n) is 0.799. The summed E-state index contributed by atoms with van der Waals surface area (Å²) in [5.41, 5.74) is 0. The molecule has 1 unspecified atom stereocenters. The second-order valence-electron chi connectivity index (χ2n) is 2.78. The maximum atomic E-state index is 10.7. The lowest BCUT2D eigenvalue weighted by Gasteiger charge is -2.01. The van der Waals surface area contributed by atoms with E-state index in [-0.39, 0.29) is 9.80 Å². The average molecular weight is 333 g/mol. The van der Waals surface area contributed by atoms with E-state index in [9.17, 15) is 8.42 Å². The fraction of sp³-hybridized carbons (Fsp3) is 0.857. The number of halogens is 1. The van der Waals surface area contributed by atoms with Gasteiger partial charge < -0.3 is 0 Å². The lowest BCUT2D eigenvalue weighted by molar-refractivity contribution is 0.595. The van der Waals surface area contributed by atoms with Gasteiger partial charge in [-0.2, -0.15) is 0 Å². The lowest BCUT2D eigenvalue weighted by atomic mass is 10.2. The van der Waals surface area contributed by atoms with Crippen LogP contribution in [0.25, 0.3) is 0 Å². The van der Waals surface area contributed by atoms with Gasteiger partial charge in [0.1, 0.15) is 13.9 Å². The Morgan fingerprint density at radius 3 is 2.62 bits per heavy atom. The molecule has 0 aliphatic rings. The van der Waals surface area contributed by atoms with Crippen molar-refractivity contribution in [3.05, 3.63) is 0 Å². The molecule has 0 aliphatic carbocycles. The molecule has 1 atom stereocenters. The first kappa shape index (κ1) is 13.5. The zero-order valence-electron chi connectivity index (χ0n) is 7.36. The summed E-state index contributed by atoms with van der Waals surface area (Å²) in [6, 6.07) is 0. The van der Waals surface area contributed by atoms with Gasteiger partial charge in [0.25, 0.3) is 0 Å². The monoisotopic (exact) mass is 333 g/mol. The van der Waals surface area contributed by atoms with E-state index in [1.807, 2.05) is 0 Å². The van der Waals surface area contributed by atoms with Crippen molar-refractivity contribution in [2.45, 2.75) is 23.3 Å². The molecule has 0 N–H and O–H groups in total. The predicted octanol–water partition coefficient (Wildman–Crippen LogP) is 2.07. The molecule has 0 bridgehead atoms. The third kappa shape index (κ3) is 10.4. The summed E-state index contributed by atoms with van der Waals surface area (Å²) in [4.78, 5) is 3.86. The van der Waals surface area contributed by atoms with E-state index >= 15 is 0 Å². The van der Waals surface area contributed by atoms with Crippen LogP contribution in [0.5, 0.6) is 0 Å². The van der Waals surface area contributed by atoms with Gasteiger partial charge in [-0.15, -0.1) is 0 Å². The average Bonchev–Trinajstić information content (AvgIpc) is 1.97. The van der Waals surface area contributed by atoms with Gasteiger partial charge in [0.15, 0.2) is 0 Å². The van der Waals surface area contributed by atoms with Crippen molar-refractivity contribution >= 4 is 49.8 Å². The summed E-state index contributed by atoms with van der Waals surface area (Å²) in [6.07, 6.45) is 3.68. The maximum Gasteiger partial charge on any atom is 0.147 e. The van der Waals surface area contributed by atoms with Crippen molar-refractivity contribution in [1.29, 1.82) is 0 Å². The minimum Gasteiger partial charge on any atom is -0.229 e. The molecule has 0 fully saturated rings. The molecule has 0 spiro atoms. The highest BCUT2D eigenvalue weighted by Gasteiger charge is 2.03. The molecular weight excluding hydrogens is 321 g/mol. The SMILES string of the molecule is CS(=O)(=O)CCCCC(I)N=C=S. The van der Waals surface area contributed by atoms with E-state index in [0.717, 1.165) is 12.8 Å². The van der Waals surface area contributed by atoms with E-state index in [1.165, 1.54) is 6.26 Å². The minimum atomic E-state index is -2.80. The summed E-state index contributed by atoms with van der Waals surface area (Å²) in [7, 11) is -2.80. The molecule has 0 aromatic heterocycles. The Kier molecular flexibility index (Phi) is 7.12. The first-order valence-corrected chi connectivity index (χ1v) is 7.56. The number of aliphatic imine (C=N–C) groups is 1.